The molecule has 0 saturated heterocycles. The highest BCUT2D eigenvalue weighted by molar-refractivity contribution is 7.11. The first-order valence-corrected chi connectivity index (χ1v) is 6.89. The van der Waals surface area contributed by atoms with Crippen LogP contribution in [0, 0.1) is 0 Å². The van der Waals surface area contributed by atoms with Gasteiger partial charge in [-0.2, -0.15) is 0 Å². The second-order valence-electron chi connectivity index (χ2n) is 4.41. The predicted octanol–water partition coefficient (Wildman–Crippen LogP) is 3.21. The predicted molar refractivity (Wildman–Crippen MR) is 75.1 cm³/mol. The van der Waals surface area contributed by atoms with Crippen molar-refractivity contribution in [3.8, 4) is 5.19 Å². The molecule has 1 heterocycles. The van der Waals surface area contributed by atoms with Gasteiger partial charge in [0.15, 0.2) is 0 Å². The number of hydrogen-bond acceptors (Lipinski definition) is 4. The van der Waals surface area contributed by atoms with Gasteiger partial charge in [-0.15, -0.1) is 0 Å². The summed E-state index contributed by atoms with van der Waals surface area (Å²) in [5.74, 6) is 0. The quantitative estimate of drug-likeness (QED) is 0.799. The summed E-state index contributed by atoms with van der Waals surface area (Å²) in [4.78, 5) is 6.36. The molecule has 1 atom stereocenters. The standard InChI is InChI=1S/C14H18N2OS/c1-16(2)10-8-13(12-6-4-3-5-7-12)17-14-15-9-11-18-14/h3-7,9,11,13H,8,10H2,1-2H3. The third-order valence-electron chi connectivity index (χ3n) is 2.66. The number of benzene rings is 1. The topological polar surface area (TPSA) is 25.4 Å². The monoisotopic (exact) mass is 262 g/mol. The third-order valence-corrected chi connectivity index (χ3v) is 3.32. The Bertz CT molecular complexity index is 442. The summed E-state index contributed by atoms with van der Waals surface area (Å²) >= 11 is 1.53. The van der Waals surface area contributed by atoms with E-state index >= 15 is 0 Å². The lowest BCUT2D eigenvalue weighted by atomic mass is 10.1. The van der Waals surface area contributed by atoms with Gasteiger partial charge in [-0.1, -0.05) is 41.7 Å². The van der Waals surface area contributed by atoms with Gasteiger partial charge >= 0.3 is 0 Å². The van der Waals surface area contributed by atoms with Gasteiger partial charge in [0, 0.05) is 24.5 Å². The van der Waals surface area contributed by atoms with E-state index in [2.05, 4.69) is 36.1 Å². The van der Waals surface area contributed by atoms with Gasteiger partial charge in [-0.3, -0.25) is 0 Å². The van der Waals surface area contributed by atoms with E-state index in [9.17, 15) is 0 Å². The second-order valence-corrected chi connectivity index (χ2v) is 5.26. The zero-order valence-electron chi connectivity index (χ0n) is 10.7. The van der Waals surface area contributed by atoms with Crippen LogP contribution in [0.25, 0.3) is 0 Å². The molecular weight excluding hydrogens is 244 g/mol. The first-order chi connectivity index (χ1) is 8.75. The lowest BCUT2D eigenvalue weighted by Crippen LogP contribution is -2.18. The molecule has 0 aliphatic heterocycles. The molecule has 0 fully saturated rings. The first-order valence-electron chi connectivity index (χ1n) is 6.01. The molecule has 2 rings (SSSR count). The molecule has 18 heavy (non-hydrogen) atoms. The van der Waals surface area contributed by atoms with Gasteiger partial charge in [0.1, 0.15) is 6.10 Å². The number of hydrogen-bond donors (Lipinski definition) is 0. The maximum Gasteiger partial charge on any atom is 0.273 e. The number of nitrogens with zero attached hydrogens (tertiary/aromatic N) is 2. The zero-order chi connectivity index (χ0) is 12.8. The van der Waals surface area contributed by atoms with Crippen LogP contribution in [0.1, 0.15) is 18.1 Å². The van der Waals surface area contributed by atoms with Gasteiger partial charge in [0.2, 0.25) is 0 Å². The van der Waals surface area contributed by atoms with Crippen molar-refractivity contribution >= 4 is 11.3 Å². The van der Waals surface area contributed by atoms with E-state index in [1.807, 2.05) is 23.6 Å². The van der Waals surface area contributed by atoms with Crippen LogP contribution in [0.4, 0.5) is 0 Å². The van der Waals surface area contributed by atoms with Crippen molar-refractivity contribution in [1.29, 1.82) is 0 Å². The number of aromatic nitrogens is 1. The van der Waals surface area contributed by atoms with Crippen LogP contribution in [0.5, 0.6) is 5.19 Å². The Kier molecular flexibility index (Phi) is 4.73. The molecule has 0 aliphatic rings. The van der Waals surface area contributed by atoms with E-state index in [0.29, 0.717) is 0 Å². The van der Waals surface area contributed by atoms with Crippen molar-refractivity contribution in [3.63, 3.8) is 0 Å². The van der Waals surface area contributed by atoms with Crippen molar-refractivity contribution in [2.45, 2.75) is 12.5 Å². The molecule has 0 saturated carbocycles. The van der Waals surface area contributed by atoms with Crippen molar-refractivity contribution in [2.75, 3.05) is 20.6 Å². The summed E-state index contributed by atoms with van der Waals surface area (Å²) < 4.78 is 5.97. The molecule has 0 radical (unpaired) electrons. The molecule has 0 bridgehead atoms. The van der Waals surface area contributed by atoms with Gasteiger partial charge in [0.25, 0.3) is 5.19 Å². The molecule has 1 aromatic heterocycles. The van der Waals surface area contributed by atoms with Gasteiger partial charge in [-0.05, 0) is 19.7 Å². The molecule has 0 spiro atoms. The van der Waals surface area contributed by atoms with Crippen LogP contribution < -0.4 is 4.74 Å². The summed E-state index contributed by atoms with van der Waals surface area (Å²) in [6.45, 7) is 0.991. The highest BCUT2D eigenvalue weighted by Gasteiger charge is 2.14. The Morgan fingerprint density at radius 3 is 2.67 bits per heavy atom. The SMILES string of the molecule is CN(C)CCC(Oc1nccs1)c1ccccc1. The lowest BCUT2D eigenvalue weighted by molar-refractivity contribution is 0.179. The second kappa shape index (κ2) is 6.52. The Balaban J connectivity index is 2.07. The smallest absolute Gasteiger partial charge is 0.273 e. The Labute approximate surface area is 112 Å². The molecule has 0 aliphatic carbocycles. The van der Waals surface area contributed by atoms with Crippen LogP contribution in [-0.2, 0) is 0 Å². The molecule has 0 N–H and O–H groups in total. The normalized spacial score (nSPS) is 12.6. The highest BCUT2D eigenvalue weighted by atomic mass is 32.1. The van der Waals surface area contributed by atoms with Crippen molar-refractivity contribution in [1.82, 2.24) is 9.88 Å². The molecule has 0 amide bonds. The summed E-state index contributed by atoms with van der Waals surface area (Å²) in [7, 11) is 4.15. The average Bonchev–Trinajstić information content (AvgIpc) is 2.88. The molecule has 1 unspecified atom stereocenters. The summed E-state index contributed by atoms with van der Waals surface area (Å²) in [5, 5.41) is 2.67. The van der Waals surface area contributed by atoms with Crippen molar-refractivity contribution in [3.05, 3.63) is 47.5 Å². The maximum absolute atomic E-state index is 5.97. The van der Waals surface area contributed by atoms with E-state index in [4.69, 9.17) is 4.74 Å². The largest absolute Gasteiger partial charge is 0.462 e. The molecule has 96 valence electrons. The average molecular weight is 262 g/mol. The Hall–Kier alpha value is -1.39. The van der Waals surface area contributed by atoms with Crippen molar-refractivity contribution < 1.29 is 4.74 Å². The van der Waals surface area contributed by atoms with Crippen LogP contribution in [0.2, 0.25) is 0 Å². The van der Waals surface area contributed by atoms with Crippen LogP contribution >= 0.6 is 11.3 Å². The molecule has 4 heteroatoms. The fourth-order valence-corrected chi connectivity index (χ4v) is 2.26. The molecule has 3 nitrogen and oxygen atoms in total. The number of thiazole rings is 1. The third kappa shape index (κ3) is 3.82. The van der Waals surface area contributed by atoms with E-state index in [1.165, 1.54) is 16.9 Å². The summed E-state index contributed by atoms with van der Waals surface area (Å²) in [6, 6.07) is 10.3. The lowest BCUT2D eigenvalue weighted by Gasteiger charge is -2.19. The van der Waals surface area contributed by atoms with Gasteiger partial charge in [0.05, 0.1) is 0 Å². The van der Waals surface area contributed by atoms with E-state index in [1.54, 1.807) is 6.20 Å². The number of rotatable bonds is 6. The van der Waals surface area contributed by atoms with Crippen LogP contribution in [-0.4, -0.2) is 30.5 Å². The minimum atomic E-state index is 0.0692. The fourth-order valence-electron chi connectivity index (χ4n) is 1.73. The summed E-state index contributed by atoms with van der Waals surface area (Å²) in [5.41, 5.74) is 1.20. The van der Waals surface area contributed by atoms with Crippen LogP contribution in [0.15, 0.2) is 41.9 Å². The maximum atomic E-state index is 5.97. The van der Waals surface area contributed by atoms with Gasteiger partial charge < -0.3 is 9.64 Å². The Morgan fingerprint density at radius 1 is 1.28 bits per heavy atom. The summed E-state index contributed by atoms with van der Waals surface area (Å²) in [6.07, 6.45) is 2.80. The zero-order valence-corrected chi connectivity index (χ0v) is 11.6. The Morgan fingerprint density at radius 2 is 2.06 bits per heavy atom. The fraction of sp³-hybridized carbons (Fsp3) is 0.357. The highest BCUT2D eigenvalue weighted by Crippen LogP contribution is 2.26. The minimum Gasteiger partial charge on any atom is -0.462 e. The van der Waals surface area contributed by atoms with E-state index < -0.39 is 0 Å². The minimum absolute atomic E-state index is 0.0692. The molecule has 1 aromatic carbocycles. The van der Waals surface area contributed by atoms with Crippen LogP contribution in [0.3, 0.4) is 0 Å². The molecular formula is C14H18N2OS. The number of ether oxygens (including phenoxy) is 1. The van der Waals surface area contributed by atoms with Crippen molar-refractivity contribution in [2.24, 2.45) is 0 Å². The van der Waals surface area contributed by atoms with Gasteiger partial charge in [-0.25, -0.2) is 4.98 Å². The van der Waals surface area contributed by atoms with E-state index in [-0.39, 0.29) is 6.10 Å². The molecule has 2 aromatic rings. The first kappa shape index (κ1) is 13.1. The van der Waals surface area contributed by atoms with E-state index in [0.717, 1.165) is 18.2 Å².